The Morgan fingerprint density at radius 3 is 2.55 bits per heavy atom. The molecule has 214 valence electrons. The van der Waals surface area contributed by atoms with Gasteiger partial charge in [-0.15, -0.1) is 0 Å². The summed E-state index contributed by atoms with van der Waals surface area (Å²) in [5.41, 5.74) is 1.37. The molecule has 10 heteroatoms. The number of carbonyl (C=O) groups excluding carboxylic acids is 1. The first-order valence-corrected chi connectivity index (χ1v) is 13.3. The quantitative estimate of drug-likeness (QED) is 0.290. The number of hydrogen-bond donors (Lipinski definition) is 2. The van der Waals surface area contributed by atoms with Crippen LogP contribution in [0.3, 0.4) is 0 Å². The van der Waals surface area contributed by atoms with Crippen LogP contribution < -0.4 is 10.7 Å². The van der Waals surface area contributed by atoms with Crippen LogP contribution in [-0.2, 0) is 30.3 Å². The molecule has 2 aromatic carbocycles. The number of aliphatic hydroxyl groups is 1. The van der Waals surface area contributed by atoms with Crippen molar-refractivity contribution in [2.75, 3.05) is 39.6 Å². The zero-order valence-corrected chi connectivity index (χ0v) is 22.3. The Bertz CT molecular complexity index is 1340. The van der Waals surface area contributed by atoms with Crippen LogP contribution in [0.2, 0.25) is 0 Å². The van der Waals surface area contributed by atoms with E-state index in [0.717, 1.165) is 5.56 Å². The smallest absolute Gasteiger partial charge is 0.286 e. The molecule has 0 aliphatic carbocycles. The molecule has 0 saturated carbocycles. The number of amides is 1. The van der Waals surface area contributed by atoms with Gasteiger partial charge in [-0.3, -0.25) is 9.59 Å². The van der Waals surface area contributed by atoms with Gasteiger partial charge in [0.25, 0.3) is 5.91 Å². The topological polar surface area (TPSA) is 116 Å². The number of allylic oxidation sites excluding steroid dienone is 1. The highest BCUT2D eigenvalue weighted by atomic mass is 19.1. The van der Waals surface area contributed by atoms with Gasteiger partial charge in [0.15, 0.2) is 11.2 Å². The van der Waals surface area contributed by atoms with E-state index in [0.29, 0.717) is 49.4 Å². The third-order valence-electron chi connectivity index (χ3n) is 6.57. The van der Waals surface area contributed by atoms with E-state index in [1.807, 2.05) is 6.92 Å². The molecular weight excluding hydrogens is 521 g/mol. The lowest BCUT2D eigenvalue weighted by atomic mass is 9.81. The molecule has 9 nitrogen and oxygen atoms in total. The Balaban J connectivity index is 1.59. The lowest BCUT2D eigenvalue weighted by Crippen LogP contribution is -2.40. The zero-order chi connectivity index (χ0) is 28.3. The highest BCUT2D eigenvalue weighted by Gasteiger charge is 2.39. The van der Waals surface area contributed by atoms with E-state index < -0.39 is 18.1 Å². The van der Waals surface area contributed by atoms with Crippen LogP contribution in [0, 0.1) is 11.7 Å². The van der Waals surface area contributed by atoms with E-state index in [-0.39, 0.29) is 42.7 Å². The lowest BCUT2D eigenvalue weighted by Gasteiger charge is -2.36. The van der Waals surface area contributed by atoms with E-state index in [9.17, 15) is 14.0 Å². The molecule has 2 N–H and O–H groups in total. The molecule has 0 unspecified atom stereocenters. The number of halogens is 1. The molecular formula is C30H34FNO8. The molecule has 0 radical (unpaired) electrons. The monoisotopic (exact) mass is 555 g/mol. The molecule has 0 spiro atoms. The van der Waals surface area contributed by atoms with Gasteiger partial charge in [-0.1, -0.05) is 24.3 Å². The SMILES string of the molecule is CCO[C@@H]1OC(C(=O)NCc2ccc(F)cc2)=C[C@H](c2coc3ccccc3c2=O)[C@@H]1CCOCCOCCO. The second kappa shape index (κ2) is 14.7. The van der Waals surface area contributed by atoms with Gasteiger partial charge in [-0.25, -0.2) is 4.39 Å². The van der Waals surface area contributed by atoms with E-state index in [1.54, 1.807) is 42.5 Å². The predicted octanol–water partition coefficient (Wildman–Crippen LogP) is 3.64. The maximum absolute atomic E-state index is 13.6. The van der Waals surface area contributed by atoms with E-state index in [1.165, 1.54) is 18.4 Å². The Morgan fingerprint density at radius 2 is 1.80 bits per heavy atom. The normalized spacial score (nSPS) is 18.8. The molecule has 40 heavy (non-hydrogen) atoms. The van der Waals surface area contributed by atoms with Gasteiger partial charge < -0.3 is 33.8 Å². The fraction of sp³-hybridized carbons (Fsp3) is 0.400. The fourth-order valence-electron chi connectivity index (χ4n) is 4.60. The average molecular weight is 556 g/mol. The molecule has 2 heterocycles. The van der Waals surface area contributed by atoms with Gasteiger partial charge in [-0.05, 0) is 49.2 Å². The minimum atomic E-state index is -0.827. The molecule has 4 rings (SSSR count). The van der Waals surface area contributed by atoms with Crippen molar-refractivity contribution < 1.29 is 37.7 Å². The highest BCUT2D eigenvalue weighted by Crippen LogP contribution is 2.38. The third-order valence-corrected chi connectivity index (χ3v) is 6.57. The summed E-state index contributed by atoms with van der Waals surface area (Å²) >= 11 is 0. The van der Waals surface area contributed by atoms with E-state index in [4.69, 9.17) is 28.5 Å². The van der Waals surface area contributed by atoms with Crippen LogP contribution in [0.25, 0.3) is 11.0 Å². The van der Waals surface area contributed by atoms with Crippen molar-refractivity contribution in [2.24, 2.45) is 5.92 Å². The van der Waals surface area contributed by atoms with Gasteiger partial charge in [0.05, 0.1) is 38.1 Å². The first-order valence-electron chi connectivity index (χ1n) is 13.3. The van der Waals surface area contributed by atoms with Crippen LogP contribution in [0.4, 0.5) is 4.39 Å². The Morgan fingerprint density at radius 1 is 1.05 bits per heavy atom. The number of benzene rings is 2. The second-order valence-electron chi connectivity index (χ2n) is 9.22. The Hall–Kier alpha value is -3.57. The summed E-state index contributed by atoms with van der Waals surface area (Å²) in [6.07, 6.45) is 2.70. The maximum Gasteiger partial charge on any atom is 0.286 e. The fourth-order valence-corrected chi connectivity index (χ4v) is 4.60. The van der Waals surface area contributed by atoms with Gasteiger partial charge in [0, 0.05) is 37.2 Å². The van der Waals surface area contributed by atoms with E-state index in [2.05, 4.69) is 5.32 Å². The number of ether oxygens (including phenoxy) is 4. The minimum Gasteiger partial charge on any atom is -0.464 e. The molecule has 1 aliphatic heterocycles. The third kappa shape index (κ3) is 7.54. The number of rotatable bonds is 14. The van der Waals surface area contributed by atoms with Gasteiger partial charge in [0.1, 0.15) is 11.4 Å². The summed E-state index contributed by atoms with van der Waals surface area (Å²) in [5, 5.41) is 12.1. The van der Waals surface area contributed by atoms with Crippen LogP contribution >= 0.6 is 0 Å². The number of aliphatic hydroxyl groups excluding tert-OH is 1. The van der Waals surface area contributed by atoms with Crippen molar-refractivity contribution in [1.82, 2.24) is 5.32 Å². The molecule has 0 saturated heterocycles. The first kappa shape index (κ1) is 29.4. The van der Waals surface area contributed by atoms with E-state index >= 15 is 0 Å². The highest BCUT2D eigenvalue weighted by molar-refractivity contribution is 5.91. The molecule has 1 aliphatic rings. The Kier molecular flexibility index (Phi) is 10.8. The summed E-state index contributed by atoms with van der Waals surface area (Å²) in [6, 6.07) is 12.8. The van der Waals surface area contributed by atoms with Crippen molar-refractivity contribution in [2.45, 2.75) is 32.1 Å². The van der Waals surface area contributed by atoms with Gasteiger partial charge in [-0.2, -0.15) is 0 Å². The molecule has 3 aromatic rings. The predicted molar refractivity (Wildman–Crippen MR) is 145 cm³/mol. The van der Waals surface area contributed by atoms with Crippen LogP contribution in [0.1, 0.15) is 30.4 Å². The second-order valence-corrected chi connectivity index (χ2v) is 9.22. The van der Waals surface area contributed by atoms with Crippen LogP contribution in [0.5, 0.6) is 0 Å². The molecule has 0 fully saturated rings. The van der Waals surface area contributed by atoms with Crippen molar-refractivity contribution in [3.8, 4) is 0 Å². The lowest BCUT2D eigenvalue weighted by molar-refractivity contribution is -0.168. The molecule has 1 amide bonds. The van der Waals surface area contributed by atoms with Crippen molar-refractivity contribution >= 4 is 16.9 Å². The summed E-state index contributed by atoms with van der Waals surface area (Å²) in [5.74, 6) is -1.76. The van der Waals surface area contributed by atoms with Crippen LogP contribution in [-0.4, -0.2) is 56.9 Å². The number of para-hydroxylation sites is 1. The first-order chi connectivity index (χ1) is 19.5. The van der Waals surface area contributed by atoms with Crippen LogP contribution in [0.15, 0.2) is 75.8 Å². The standard InChI is InChI=1S/C30H34FNO8/c1-2-38-30-22(11-13-36-15-16-37-14-12-33)24(25-19-39-26-6-4-3-5-23(26)28(25)34)17-27(40-30)29(35)32-18-20-7-9-21(31)10-8-20/h3-10,17,19,22,24,30,33H,2,11-16,18H2,1H3,(H,32,35)/t22-,24-,30+/m0/s1. The molecule has 3 atom stereocenters. The molecule has 0 bridgehead atoms. The van der Waals surface area contributed by atoms with Crippen molar-refractivity contribution in [3.63, 3.8) is 0 Å². The minimum absolute atomic E-state index is 0.0210. The van der Waals surface area contributed by atoms with Gasteiger partial charge in [0.2, 0.25) is 6.29 Å². The zero-order valence-electron chi connectivity index (χ0n) is 22.3. The number of carbonyl (C=O) groups is 1. The number of hydrogen-bond acceptors (Lipinski definition) is 8. The average Bonchev–Trinajstić information content (AvgIpc) is 2.97. The Labute approximate surface area is 231 Å². The van der Waals surface area contributed by atoms with Crippen molar-refractivity contribution in [3.05, 3.63) is 93.8 Å². The number of nitrogens with one attached hydrogen (secondary N) is 1. The molecule has 1 aromatic heterocycles. The summed E-state index contributed by atoms with van der Waals surface area (Å²) in [6.45, 7) is 3.49. The van der Waals surface area contributed by atoms with Crippen molar-refractivity contribution in [1.29, 1.82) is 0 Å². The maximum atomic E-state index is 13.6. The summed E-state index contributed by atoms with van der Waals surface area (Å²) < 4.78 is 41.9. The van der Waals surface area contributed by atoms with Gasteiger partial charge >= 0.3 is 0 Å². The number of fused-ring (bicyclic) bond motifs is 1. The summed E-state index contributed by atoms with van der Waals surface area (Å²) in [4.78, 5) is 26.7. The summed E-state index contributed by atoms with van der Waals surface area (Å²) in [7, 11) is 0. The largest absolute Gasteiger partial charge is 0.464 e.